The molecule has 0 heterocycles. The number of hydrogen-bond donors (Lipinski definition) is 1. The van der Waals surface area contributed by atoms with Crippen molar-refractivity contribution in [3.05, 3.63) is 31.9 Å². The van der Waals surface area contributed by atoms with Gasteiger partial charge >= 0.3 is 0 Å². The Kier molecular flexibility index (Phi) is 3.16. The van der Waals surface area contributed by atoms with Gasteiger partial charge in [-0.3, -0.25) is 0 Å². The Morgan fingerprint density at radius 2 is 2.18 bits per heavy atom. The van der Waals surface area contributed by atoms with E-state index < -0.39 is 0 Å². The van der Waals surface area contributed by atoms with Crippen LogP contribution in [0.1, 0.15) is 11.1 Å². The summed E-state index contributed by atoms with van der Waals surface area (Å²) < 4.78 is 1.09. The summed E-state index contributed by atoms with van der Waals surface area (Å²) in [5.41, 5.74) is 2.01. The van der Waals surface area contributed by atoms with E-state index in [1.807, 2.05) is 13.0 Å². The molecule has 3 heteroatoms. The molecule has 1 rings (SSSR count). The lowest BCUT2D eigenvalue weighted by atomic mass is 10.1. The molecule has 0 aromatic heterocycles. The van der Waals surface area contributed by atoms with Crippen LogP contribution in [0.3, 0.4) is 0 Å². The molecular formula is C8H8ClIO. The van der Waals surface area contributed by atoms with Gasteiger partial charge in [0.25, 0.3) is 0 Å². The van der Waals surface area contributed by atoms with Crippen LogP contribution in [0.2, 0.25) is 5.02 Å². The lowest BCUT2D eigenvalue weighted by Crippen LogP contribution is -1.91. The highest BCUT2D eigenvalue weighted by Gasteiger charge is 2.02. The molecule has 0 unspecified atom stereocenters. The third-order valence-corrected chi connectivity index (χ3v) is 3.23. The van der Waals surface area contributed by atoms with Crippen LogP contribution in [0, 0.1) is 10.5 Å². The van der Waals surface area contributed by atoms with Gasteiger partial charge in [-0.1, -0.05) is 11.6 Å². The molecule has 0 saturated heterocycles. The molecule has 0 bridgehead atoms. The lowest BCUT2D eigenvalue weighted by molar-refractivity contribution is 0.281. The number of benzene rings is 1. The molecule has 0 aliphatic heterocycles. The Balaban J connectivity index is 3.24. The predicted octanol–water partition coefficient (Wildman–Crippen LogP) is 2.75. The minimum Gasteiger partial charge on any atom is -0.392 e. The molecular weight excluding hydrogens is 274 g/mol. The minimum atomic E-state index is 0.0552. The summed E-state index contributed by atoms with van der Waals surface area (Å²) in [5, 5.41) is 9.59. The Labute approximate surface area is 84.5 Å². The van der Waals surface area contributed by atoms with E-state index >= 15 is 0 Å². The number of aryl methyl sites for hydroxylation is 1. The molecule has 0 saturated carbocycles. The Morgan fingerprint density at radius 1 is 1.55 bits per heavy atom. The van der Waals surface area contributed by atoms with Gasteiger partial charge in [-0.15, -0.1) is 0 Å². The Bertz CT molecular complexity index is 273. The maximum absolute atomic E-state index is 8.90. The van der Waals surface area contributed by atoms with Crippen LogP contribution in [-0.4, -0.2) is 5.11 Å². The smallest absolute Gasteiger partial charge is 0.0692 e. The third-order valence-electron chi connectivity index (χ3n) is 1.46. The number of aliphatic hydroxyl groups excluding tert-OH is 1. The van der Waals surface area contributed by atoms with E-state index in [-0.39, 0.29) is 6.61 Å². The van der Waals surface area contributed by atoms with Crippen molar-refractivity contribution in [2.24, 2.45) is 0 Å². The Morgan fingerprint density at radius 3 is 2.73 bits per heavy atom. The molecule has 60 valence electrons. The second-order valence-electron chi connectivity index (χ2n) is 2.35. The van der Waals surface area contributed by atoms with Crippen LogP contribution in [0.15, 0.2) is 12.1 Å². The second kappa shape index (κ2) is 3.74. The zero-order valence-corrected chi connectivity index (χ0v) is 8.98. The molecule has 0 aliphatic carbocycles. The summed E-state index contributed by atoms with van der Waals surface area (Å²) in [6, 6.07) is 3.68. The van der Waals surface area contributed by atoms with E-state index in [4.69, 9.17) is 16.7 Å². The SMILES string of the molecule is Cc1cc(Cl)cc(CO)c1I. The van der Waals surface area contributed by atoms with Gasteiger partial charge in [0.1, 0.15) is 0 Å². The van der Waals surface area contributed by atoms with E-state index in [9.17, 15) is 0 Å². The summed E-state index contributed by atoms with van der Waals surface area (Å²) in [5.74, 6) is 0. The summed E-state index contributed by atoms with van der Waals surface area (Å²) in [7, 11) is 0. The fraction of sp³-hybridized carbons (Fsp3) is 0.250. The maximum Gasteiger partial charge on any atom is 0.0692 e. The highest BCUT2D eigenvalue weighted by molar-refractivity contribution is 14.1. The van der Waals surface area contributed by atoms with Crippen LogP contribution in [0.25, 0.3) is 0 Å². The number of hydrogen-bond acceptors (Lipinski definition) is 1. The van der Waals surface area contributed by atoms with Gasteiger partial charge in [0.05, 0.1) is 6.61 Å². The maximum atomic E-state index is 8.90. The zero-order valence-electron chi connectivity index (χ0n) is 6.06. The summed E-state index contributed by atoms with van der Waals surface area (Å²) in [4.78, 5) is 0. The topological polar surface area (TPSA) is 20.2 Å². The molecule has 0 fully saturated rings. The lowest BCUT2D eigenvalue weighted by Gasteiger charge is -2.04. The van der Waals surface area contributed by atoms with Crippen molar-refractivity contribution in [2.75, 3.05) is 0 Å². The average molecular weight is 283 g/mol. The van der Waals surface area contributed by atoms with Gasteiger partial charge < -0.3 is 5.11 Å². The molecule has 1 N–H and O–H groups in total. The van der Waals surface area contributed by atoms with Gasteiger partial charge in [0.15, 0.2) is 0 Å². The highest BCUT2D eigenvalue weighted by atomic mass is 127. The van der Waals surface area contributed by atoms with Gasteiger partial charge in [0.2, 0.25) is 0 Å². The first-order valence-electron chi connectivity index (χ1n) is 3.20. The molecule has 0 radical (unpaired) electrons. The highest BCUT2D eigenvalue weighted by Crippen LogP contribution is 2.21. The van der Waals surface area contributed by atoms with Crippen molar-refractivity contribution in [2.45, 2.75) is 13.5 Å². The third kappa shape index (κ3) is 2.07. The quantitative estimate of drug-likeness (QED) is 0.785. The van der Waals surface area contributed by atoms with Crippen LogP contribution >= 0.6 is 34.2 Å². The van der Waals surface area contributed by atoms with Gasteiger partial charge in [-0.25, -0.2) is 0 Å². The van der Waals surface area contributed by atoms with Crippen molar-refractivity contribution in [1.82, 2.24) is 0 Å². The number of aliphatic hydroxyl groups is 1. The van der Waals surface area contributed by atoms with Crippen molar-refractivity contribution in [3.8, 4) is 0 Å². The van der Waals surface area contributed by atoms with Crippen LogP contribution < -0.4 is 0 Å². The Hall–Kier alpha value is 0.200. The molecule has 1 aromatic carbocycles. The first-order chi connectivity index (χ1) is 5.15. The molecule has 1 aromatic rings. The number of halogens is 2. The zero-order chi connectivity index (χ0) is 8.43. The van der Waals surface area contributed by atoms with Crippen LogP contribution in [0.4, 0.5) is 0 Å². The fourth-order valence-electron chi connectivity index (χ4n) is 0.910. The summed E-state index contributed by atoms with van der Waals surface area (Å²) >= 11 is 7.99. The van der Waals surface area contributed by atoms with Crippen molar-refractivity contribution >= 4 is 34.2 Å². The van der Waals surface area contributed by atoms with E-state index in [1.165, 1.54) is 0 Å². The van der Waals surface area contributed by atoms with Crippen molar-refractivity contribution in [1.29, 1.82) is 0 Å². The van der Waals surface area contributed by atoms with Gasteiger partial charge in [-0.2, -0.15) is 0 Å². The van der Waals surface area contributed by atoms with Crippen LogP contribution in [0.5, 0.6) is 0 Å². The second-order valence-corrected chi connectivity index (χ2v) is 3.87. The molecule has 0 spiro atoms. The molecule has 0 amide bonds. The molecule has 11 heavy (non-hydrogen) atoms. The molecule has 0 aliphatic rings. The predicted molar refractivity (Wildman–Crippen MR) is 54.8 cm³/mol. The summed E-state index contributed by atoms with van der Waals surface area (Å²) in [6.07, 6.45) is 0. The first-order valence-corrected chi connectivity index (χ1v) is 4.66. The largest absolute Gasteiger partial charge is 0.392 e. The normalized spacial score (nSPS) is 10.2. The van der Waals surface area contributed by atoms with Crippen LogP contribution in [-0.2, 0) is 6.61 Å². The van der Waals surface area contributed by atoms with E-state index in [1.54, 1.807) is 6.07 Å². The molecule has 1 nitrogen and oxygen atoms in total. The van der Waals surface area contributed by atoms with E-state index in [2.05, 4.69) is 22.6 Å². The van der Waals surface area contributed by atoms with E-state index in [0.717, 1.165) is 14.7 Å². The van der Waals surface area contributed by atoms with Crippen molar-refractivity contribution in [3.63, 3.8) is 0 Å². The number of rotatable bonds is 1. The first kappa shape index (κ1) is 9.29. The van der Waals surface area contributed by atoms with Crippen molar-refractivity contribution < 1.29 is 5.11 Å². The van der Waals surface area contributed by atoms with Gasteiger partial charge in [0, 0.05) is 8.59 Å². The monoisotopic (exact) mass is 282 g/mol. The van der Waals surface area contributed by atoms with Gasteiger partial charge in [-0.05, 0) is 52.8 Å². The van der Waals surface area contributed by atoms with E-state index in [0.29, 0.717) is 5.02 Å². The standard InChI is InChI=1S/C8H8ClIO/c1-5-2-7(9)3-6(4-11)8(5)10/h2-3,11H,4H2,1H3. The molecule has 0 atom stereocenters. The fourth-order valence-corrected chi connectivity index (χ4v) is 1.69. The minimum absolute atomic E-state index is 0.0552. The average Bonchev–Trinajstić information content (AvgIpc) is 1.96. The summed E-state index contributed by atoms with van der Waals surface area (Å²) in [6.45, 7) is 2.03.